The maximum absolute atomic E-state index is 9.18. The minimum Gasteiger partial charge on any atom is -0.456 e. The zero-order chi connectivity index (χ0) is 10.8. The summed E-state index contributed by atoms with van der Waals surface area (Å²) in [4.78, 5) is 4.08. The van der Waals surface area contributed by atoms with E-state index in [4.69, 9.17) is 8.83 Å². The summed E-state index contributed by atoms with van der Waals surface area (Å²) in [5.74, 6) is 2.55. The van der Waals surface area contributed by atoms with Crippen LogP contribution in [0.2, 0.25) is 0 Å². The summed E-state index contributed by atoms with van der Waals surface area (Å²) in [6.07, 6.45) is 1.65. The van der Waals surface area contributed by atoms with Crippen molar-refractivity contribution < 1.29 is 13.9 Å². The molecule has 0 bridgehead atoms. The molecule has 1 N–H and O–H groups in total. The predicted molar refractivity (Wildman–Crippen MR) is 54.3 cm³/mol. The fourth-order valence-corrected chi connectivity index (χ4v) is 1.36. The SMILES string of the molecule is Cc1ccc(-c2ncc(CC(C)O)o2)o1. The Morgan fingerprint density at radius 1 is 1.40 bits per heavy atom. The summed E-state index contributed by atoms with van der Waals surface area (Å²) in [7, 11) is 0. The van der Waals surface area contributed by atoms with E-state index < -0.39 is 6.10 Å². The topological polar surface area (TPSA) is 59.4 Å². The standard InChI is InChI=1S/C11H13NO3/c1-7(13)5-9-6-12-11(15-9)10-4-3-8(2)14-10/h3-4,6-7,13H,5H2,1-2H3. The van der Waals surface area contributed by atoms with Crippen LogP contribution >= 0.6 is 0 Å². The molecule has 2 aromatic rings. The lowest BCUT2D eigenvalue weighted by Crippen LogP contribution is -2.02. The van der Waals surface area contributed by atoms with Gasteiger partial charge in [-0.05, 0) is 26.0 Å². The number of hydrogen-bond acceptors (Lipinski definition) is 4. The lowest BCUT2D eigenvalue weighted by molar-refractivity contribution is 0.187. The second kappa shape index (κ2) is 3.90. The zero-order valence-electron chi connectivity index (χ0n) is 8.73. The van der Waals surface area contributed by atoms with Crippen LogP contribution in [-0.2, 0) is 6.42 Å². The Morgan fingerprint density at radius 3 is 2.80 bits per heavy atom. The third kappa shape index (κ3) is 2.27. The van der Waals surface area contributed by atoms with Crippen molar-refractivity contribution in [3.8, 4) is 11.7 Å². The Morgan fingerprint density at radius 2 is 2.20 bits per heavy atom. The second-order valence-electron chi connectivity index (χ2n) is 3.60. The van der Waals surface area contributed by atoms with E-state index in [-0.39, 0.29) is 0 Å². The smallest absolute Gasteiger partial charge is 0.262 e. The van der Waals surface area contributed by atoms with Crippen molar-refractivity contribution in [1.82, 2.24) is 4.98 Å². The van der Waals surface area contributed by atoms with Gasteiger partial charge in [0.15, 0.2) is 5.76 Å². The van der Waals surface area contributed by atoms with Crippen molar-refractivity contribution in [2.45, 2.75) is 26.4 Å². The average molecular weight is 207 g/mol. The molecule has 2 rings (SSSR count). The van der Waals surface area contributed by atoms with Crippen molar-refractivity contribution in [2.24, 2.45) is 0 Å². The third-order valence-corrected chi connectivity index (χ3v) is 2.00. The molecule has 80 valence electrons. The second-order valence-corrected chi connectivity index (χ2v) is 3.60. The van der Waals surface area contributed by atoms with Gasteiger partial charge in [-0.25, -0.2) is 4.98 Å². The minimum atomic E-state index is -0.427. The van der Waals surface area contributed by atoms with Gasteiger partial charge < -0.3 is 13.9 Å². The molecule has 1 atom stereocenters. The van der Waals surface area contributed by atoms with E-state index in [1.165, 1.54) is 0 Å². The quantitative estimate of drug-likeness (QED) is 0.837. The van der Waals surface area contributed by atoms with Crippen LogP contribution < -0.4 is 0 Å². The summed E-state index contributed by atoms with van der Waals surface area (Å²) in [6, 6.07) is 3.67. The molecule has 4 heteroatoms. The molecular formula is C11H13NO3. The maximum atomic E-state index is 9.18. The van der Waals surface area contributed by atoms with Gasteiger partial charge in [-0.1, -0.05) is 0 Å². The number of oxazole rings is 1. The Bertz CT molecular complexity index is 442. The number of hydrogen-bond donors (Lipinski definition) is 1. The maximum Gasteiger partial charge on any atom is 0.262 e. The van der Waals surface area contributed by atoms with E-state index >= 15 is 0 Å². The van der Waals surface area contributed by atoms with Crippen molar-refractivity contribution in [3.05, 3.63) is 29.9 Å². The van der Waals surface area contributed by atoms with Crippen LogP contribution in [0, 0.1) is 6.92 Å². The van der Waals surface area contributed by atoms with E-state index in [1.807, 2.05) is 19.1 Å². The highest BCUT2D eigenvalue weighted by Crippen LogP contribution is 2.21. The molecule has 1 unspecified atom stereocenters. The van der Waals surface area contributed by atoms with Crippen molar-refractivity contribution >= 4 is 0 Å². The monoisotopic (exact) mass is 207 g/mol. The van der Waals surface area contributed by atoms with Gasteiger partial charge in [-0.2, -0.15) is 0 Å². The van der Waals surface area contributed by atoms with Crippen LogP contribution in [0.4, 0.5) is 0 Å². The summed E-state index contributed by atoms with van der Waals surface area (Å²) in [5.41, 5.74) is 0. The summed E-state index contributed by atoms with van der Waals surface area (Å²) in [5, 5.41) is 9.18. The molecule has 0 spiro atoms. The van der Waals surface area contributed by atoms with Crippen LogP contribution in [0.1, 0.15) is 18.4 Å². The molecule has 0 amide bonds. The molecule has 2 aromatic heterocycles. The van der Waals surface area contributed by atoms with Gasteiger partial charge in [0.2, 0.25) is 0 Å². The lowest BCUT2D eigenvalue weighted by Gasteiger charge is -1.97. The number of aliphatic hydroxyl groups excluding tert-OH is 1. The normalized spacial score (nSPS) is 13.0. The fraction of sp³-hybridized carbons (Fsp3) is 0.364. The number of rotatable bonds is 3. The van der Waals surface area contributed by atoms with Crippen LogP contribution in [0.3, 0.4) is 0 Å². The fourth-order valence-electron chi connectivity index (χ4n) is 1.36. The van der Waals surface area contributed by atoms with E-state index in [1.54, 1.807) is 13.1 Å². The van der Waals surface area contributed by atoms with Crippen LogP contribution in [0.25, 0.3) is 11.7 Å². The van der Waals surface area contributed by atoms with E-state index in [0.29, 0.717) is 23.8 Å². The average Bonchev–Trinajstić information content (AvgIpc) is 2.72. The van der Waals surface area contributed by atoms with Crippen molar-refractivity contribution in [3.63, 3.8) is 0 Å². The minimum absolute atomic E-state index is 0.427. The number of nitrogens with zero attached hydrogens (tertiary/aromatic N) is 1. The van der Waals surface area contributed by atoms with Gasteiger partial charge in [-0.15, -0.1) is 0 Å². The van der Waals surface area contributed by atoms with Gasteiger partial charge in [0, 0.05) is 6.42 Å². The molecule has 0 saturated heterocycles. The number of furan rings is 1. The number of aryl methyl sites for hydroxylation is 1. The van der Waals surface area contributed by atoms with Crippen LogP contribution in [-0.4, -0.2) is 16.2 Å². The zero-order valence-corrected chi connectivity index (χ0v) is 8.73. The molecule has 0 aromatic carbocycles. The molecular weight excluding hydrogens is 194 g/mol. The Hall–Kier alpha value is -1.55. The highest BCUT2D eigenvalue weighted by Gasteiger charge is 2.11. The van der Waals surface area contributed by atoms with Gasteiger partial charge in [0.05, 0.1) is 12.3 Å². The number of aromatic nitrogens is 1. The summed E-state index contributed by atoms with van der Waals surface area (Å²) < 4.78 is 10.8. The molecule has 0 aliphatic carbocycles. The van der Waals surface area contributed by atoms with Crippen LogP contribution in [0.5, 0.6) is 0 Å². The summed E-state index contributed by atoms with van der Waals surface area (Å²) in [6.45, 7) is 3.57. The molecule has 4 nitrogen and oxygen atoms in total. The molecule has 0 aliphatic rings. The molecule has 0 saturated carbocycles. The molecule has 15 heavy (non-hydrogen) atoms. The first-order valence-electron chi connectivity index (χ1n) is 4.85. The Balaban J connectivity index is 2.20. The highest BCUT2D eigenvalue weighted by molar-refractivity contribution is 5.44. The lowest BCUT2D eigenvalue weighted by atomic mass is 10.2. The van der Waals surface area contributed by atoms with E-state index in [9.17, 15) is 5.11 Å². The summed E-state index contributed by atoms with van der Waals surface area (Å²) >= 11 is 0. The first kappa shape index (κ1) is 9.98. The van der Waals surface area contributed by atoms with Gasteiger partial charge in [0.25, 0.3) is 5.89 Å². The largest absolute Gasteiger partial charge is 0.456 e. The third-order valence-electron chi connectivity index (χ3n) is 2.00. The van der Waals surface area contributed by atoms with Gasteiger partial charge in [0.1, 0.15) is 11.5 Å². The van der Waals surface area contributed by atoms with Crippen molar-refractivity contribution in [2.75, 3.05) is 0 Å². The Labute approximate surface area is 87.6 Å². The molecule has 2 heterocycles. The highest BCUT2D eigenvalue weighted by atomic mass is 16.4. The first-order chi connectivity index (χ1) is 7.15. The molecule has 0 radical (unpaired) electrons. The molecule has 0 aliphatic heterocycles. The van der Waals surface area contributed by atoms with Gasteiger partial charge in [-0.3, -0.25) is 0 Å². The van der Waals surface area contributed by atoms with Gasteiger partial charge >= 0.3 is 0 Å². The van der Waals surface area contributed by atoms with E-state index in [2.05, 4.69) is 4.98 Å². The first-order valence-corrected chi connectivity index (χ1v) is 4.85. The number of aliphatic hydroxyl groups is 1. The van der Waals surface area contributed by atoms with Crippen molar-refractivity contribution in [1.29, 1.82) is 0 Å². The van der Waals surface area contributed by atoms with Crippen LogP contribution in [0.15, 0.2) is 27.2 Å². The molecule has 0 fully saturated rings. The predicted octanol–water partition coefficient (Wildman–Crippen LogP) is 2.17. The van der Waals surface area contributed by atoms with E-state index in [0.717, 1.165) is 5.76 Å². The Kier molecular flexibility index (Phi) is 2.60.